The first-order chi connectivity index (χ1) is 17.6. The predicted octanol–water partition coefficient (Wildman–Crippen LogP) is 3.21. The Morgan fingerprint density at radius 2 is 1.75 bits per heavy atom. The molecule has 0 aliphatic carbocycles. The molecule has 9 heteroatoms. The topological polar surface area (TPSA) is 83.1 Å². The standard InChI is InChI=1S/C27H40N6O3/c1-20(34)28-21-9-7-15-33(19-21)26-22-17-24(35-2)25(36-16-8-12-31-10-3-4-11-31)18-23(22)29-27(30-26)32-13-5-6-14-32/h17-18,21H,3-16,19H2,1-2H3,(H,28,34). The number of hydrogen-bond donors (Lipinski definition) is 1. The normalized spacial score (nSPS) is 20.8. The quantitative estimate of drug-likeness (QED) is 0.530. The molecule has 36 heavy (non-hydrogen) atoms. The summed E-state index contributed by atoms with van der Waals surface area (Å²) in [5.41, 5.74) is 0.874. The van der Waals surface area contributed by atoms with Crippen LogP contribution < -0.4 is 24.6 Å². The zero-order valence-corrected chi connectivity index (χ0v) is 21.8. The average molecular weight is 497 g/mol. The molecule has 196 valence electrons. The molecule has 0 saturated carbocycles. The number of carbonyl (C=O) groups excluding carboxylic acids is 1. The molecule has 3 saturated heterocycles. The Balaban J connectivity index is 1.43. The summed E-state index contributed by atoms with van der Waals surface area (Å²) in [4.78, 5) is 28.8. The number of aromatic nitrogens is 2. The van der Waals surface area contributed by atoms with Crippen molar-refractivity contribution in [2.24, 2.45) is 0 Å². The van der Waals surface area contributed by atoms with E-state index in [4.69, 9.17) is 19.4 Å². The van der Waals surface area contributed by atoms with Gasteiger partial charge in [0.25, 0.3) is 0 Å². The number of methoxy groups -OCH3 is 1. The highest BCUT2D eigenvalue weighted by Gasteiger charge is 2.26. The number of likely N-dealkylation sites (tertiary alicyclic amines) is 1. The molecule has 0 radical (unpaired) electrons. The van der Waals surface area contributed by atoms with Crippen LogP contribution in [0.15, 0.2) is 12.1 Å². The minimum atomic E-state index is 0.0142. The van der Waals surface area contributed by atoms with E-state index in [-0.39, 0.29) is 11.9 Å². The third-order valence-corrected chi connectivity index (χ3v) is 7.54. The molecule has 0 spiro atoms. The van der Waals surface area contributed by atoms with Gasteiger partial charge >= 0.3 is 0 Å². The van der Waals surface area contributed by atoms with Gasteiger partial charge in [-0.2, -0.15) is 4.98 Å². The second-order valence-electron chi connectivity index (χ2n) is 10.3. The van der Waals surface area contributed by atoms with E-state index in [2.05, 4.69) is 20.0 Å². The maximum absolute atomic E-state index is 11.7. The van der Waals surface area contributed by atoms with Gasteiger partial charge in [0.1, 0.15) is 5.82 Å². The van der Waals surface area contributed by atoms with E-state index in [1.807, 2.05) is 12.1 Å². The fourth-order valence-corrected chi connectivity index (χ4v) is 5.73. The second-order valence-corrected chi connectivity index (χ2v) is 10.3. The molecule has 1 N–H and O–H groups in total. The van der Waals surface area contributed by atoms with Gasteiger partial charge in [-0.15, -0.1) is 0 Å². The van der Waals surface area contributed by atoms with E-state index in [0.717, 1.165) is 80.4 Å². The molecular formula is C27H40N6O3. The molecule has 4 heterocycles. The van der Waals surface area contributed by atoms with Crippen LogP contribution in [-0.4, -0.2) is 86.3 Å². The number of ether oxygens (including phenoxy) is 2. The predicted molar refractivity (Wildman–Crippen MR) is 142 cm³/mol. The van der Waals surface area contributed by atoms with Gasteiger partial charge in [-0.05, 0) is 64.1 Å². The molecule has 2 aromatic rings. The fourth-order valence-electron chi connectivity index (χ4n) is 5.73. The van der Waals surface area contributed by atoms with Gasteiger partial charge < -0.3 is 29.5 Å². The number of amides is 1. The summed E-state index contributed by atoms with van der Waals surface area (Å²) in [7, 11) is 1.69. The van der Waals surface area contributed by atoms with Crippen LogP contribution in [0.4, 0.5) is 11.8 Å². The van der Waals surface area contributed by atoms with Crippen molar-refractivity contribution >= 4 is 28.6 Å². The molecule has 3 aliphatic rings. The lowest BCUT2D eigenvalue weighted by molar-refractivity contribution is -0.119. The number of fused-ring (bicyclic) bond motifs is 1. The van der Waals surface area contributed by atoms with Crippen LogP contribution >= 0.6 is 0 Å². The Bertz CT molecular complexity index is 1050. The lowest BCUT2D eigenvalue weighted by Gasteiger charge is -2.35. The number of nitrogens with zero attached hydrogens (tertiary/aromatic N) is 5. The Hall–Kier alpha value is -2.81. The molecule has 1 atom stereocenters. The van der Waals surface area contributed by atoms with Gasteiger partial charge in [-0.25, -0.2) is 4.98 Å². The van der Waals surface area contributed by atoms with E-state index in [1.54, 1.807) is 14.0 Å². The van der Waals surface area contributed by atoms with Crippen molar-refractivity contribution in [1.29, 1.82) is 0 Å². The Morgan fingerprint density at radius 3 is 2.50 bits per heavy atom. The molecule has 1 amide bonds. The summed E-state index contributed by atoms with van der Waals surface area (Å²) in [6.07, 6.45) is 7.93. The number of carbonyl (C=O) groups is 1. The first kappa shape index (κ1) is 24.9. The van der Waals surface area contributed by atoms with E-state index in [0.29, 0.717) is 12.4 Å². The molecular weight excluding hydrogens is 456 g/mol. The molecule has 1 unspecified atom stereocenters. The van der Waals surface area contributed by atoms with Crippen LogP contribution in [0.5, 0.6) is 11.5 Å². The van der Waals surface area contributed by atoms with E-state index < -0.39 is 0 Å². The van der Waals surface area contributed by atoms with Crippen LogP contribution in [0.25, 0.3) is 10.9 Å². The van der Waals surface area contributed by atoms with Crippen molar-refractivity contribution in [3.05, 3.63) is 12.1 Å². The zero-order chi connectivity index (χ0) is 24.9. The smallest absolute Gasteiger partial charge is 0.227 e. The number of piperidine rings is 1. The van der Waals surface area contributed by atoms with Gasteiger partial charge in [0.2, 0.25) is 11.9 Å². The van der Waals surface area contributed by atoms with Crippen molar-refractivity contribution in [1.82, 2.24) is 20.2 Å². The summed E-state index contributed by atoms with van der Waals surface area (Å²) >= 11 is 0. The van der Waals surface area contributed by atoms with E-state index in [1.165, 1.54) is 38.8 Å². The fraction of sp³-hybridized carbons (Fsp3) is 0.667. The number of rotatable bonds is 9. The van der Waals surface area contributed by atoms with Crippen molar-refractivity contribution in [3.8, 4) is 11.5 Å². The van der Waals surface area contributed by atoms with Crippen LogP contribution in [-0.2, 0) is 4.79 Å². The van der Waals surface area contributed by atoms with Crippen LogP contribution in [0.1, 0.15) is 51.9 Å². The van der Waals surface area contributed by atoms with Gasteiger partial charge in [0.05, 0.1) is 19.2 Å². The highest BCUT2D eigenvalue weighted by Crippen LogP contribution is 2.37. The Morgan fingerprint density at radius 1 is 1.00 bits per heavy atom. The summed E-state index contributed by atoms with van der Waals surface area (Å²) < 4.78 is 12.0. The minimum absolute atomic E-state index is 0.0142. The third kappa shape index (κ3) is 5.77. The number of hydrogen-bond acceptors (Lipinski definition) is 8. The summed E-state index contributed by atoms with van der Waals surface area (Å²) in [6, 6.07) is 4.16. The summed E-state index contributed by atoms with van der Waals surface area (Å²) in [6.45, 7) is 9.33. The summed E-state index contributed by atoms with van der Waals surface area (Å²) in [5, 5.41) is 4.06. The molecule has 5 rings (SSSR count). The minimum Gasteiger partial charge on any atom is -0.493 e. The maximum atomic E-state index is 11.7. The molecule has 3 fully saturated rings. The van der Waals surface area contributed by atoms with Gasteiger partial charge in [0.15, 0.2) is 11.5 Å². The van der Waals surface area contributed by atoms with Crippen molar-refractivity contribution in [2.45, 2.75) is 57.9 Å². The molecule has 1 aromatic carbocycles. The van der Waals surface area contributed by atoms with Crippen LogP contribution in [0.2, 0.25) is 0 Å². The molecule has 1 aromatic heterocycles. The van der Waals surface area contributed by atoms with Crippen molar-refractivity contribution < 1.29 is 14.3 Å². The van der Waals surface area contributed by atoms with E-state index >= 15 is 0 Å². The lowest BCUT2D eigenvalue weighted by atomic mass is 10.0. The van der Waals surface area contributed by atoms with Crippen LogP contribution in [0.3, 0.4) is 0 Å². The second kappa shape index (κ2) is 11.5. The summed E-state index contributed by atoms with van der Waals surface area (Å²) in [5.74, 6) is 3.15. The third-order valence-electron chi connectivity index (χ3n) is 7.54. The number of nitrogens with one attached hydrogen (secondary N) is 1. The largest absolute Gasteiger partial charge is 0.493 e. The first-order valence-corrected chi connectivity index (χ1v) is 13.6. The van der Waals surface area contributed by atoms with Crippen LogP contribution in [0, 0.1) is 0 Å². The molecule has 9 nitrogen and oxygen atoms in total. The molecule has 3 aliphatic heterocycles. The number of anilines is 2. The van der Waals surface area contributed by atoms with E-state index in [9.17, 15) is 4.79 Å². The average Bonchev–Trinajstić information content (AvgIpc) is 3.60. The first-order valence-electron chi connectivity index (χ1n) is 13.6. The number of benzene rings is 1. The zero-order valence-electron chi connectivity index (χ0n) is 21.8. The monoisotopic (exact) mass is 496 g/mol. The van der Waals surface area contributed by atoms with Gasteiger partial charge in [-0.3, -0.25) is 4.79 Å². The molecule has 0 bridgehead atoms. The Labute approximate surface area is 214 Å². The maximum Gasteiger partial charge on any atom is 0.227 e. The van der Waals surface area contributed by atoms with Gasteiger partial charge in [-0.1, -0.05) is 0 Å². The highest BCUT2D eigenvalue weighted by molar-refractivity contribution is 5.93. The van der Waals surface area contributed by atoms with Crippen molar-refractivity contribution in [3.63, 3.8) is 0 Å². The Kier molecular flexibility index (Phi) is 7.94. The lowest BCUT2D eigenvalue weighted by Crippen LogP contribution is -2.47. The SMILES string of the molecule is COc1cc2c(N3CCCC(NC(C)=O)C3)nc(N3CCCC3)nc2cc1OCCCN1CCCC1. The van der Waals surface area contributed by atoms with Crippen molar-refractivity contribution in [2.75, 3.05) is 69.3 Å². The highest BCUT2D eigenvalue weighted by atomic mass is 16.5. The van der Waals surface area contributed by atoms with Gasteiger partial charge in [0, 0.05) is 57.1 Å².